The van der Waals surface area contributed by atoms with Crippen molar-refractivity contribution in [1.29, 1.82) is 0 Å². The van der Waals surface area contributed by atoms with Gasteiger partial charge in [0, 0.05) is 17.0 Å². The van der Waals surface area contributed by atoms with Crippen LogP contribution in [0.15, 0.2) is 27.4 Å². The SMILES string of the molecule is O=c1oc2cc(O[C@H]3O[C@@H](CO)[C@@H](O)[C@@H](O)[C@@H]3O)ccc2c2c1CCCC2. The summed E-state index contributed by atoms with van der Waals surface area (Å²) in [6, 6.07) is 4.99. The van der Waals surface area contributed by atoms with E-state index >= 15 is 0 Å². The maximum absolute atomic E-state index is 12.2. The van der Waals surface area contributed by atoms with Crippen LogP contribution in [0.5, 0.6) is 5.75 Å². The molecular formula is C19H22O8. The number of ether oxygens (including phenoxy) is 2. The number of benzene rings is 1. The lowest BCUT2D eigenvalue weighted by atomic mass is 9.91. The second-order valence-corrected chi connectivity index (χ2v) is 7.03. The van der Waals surface area contributed by atoms with Crippen LogP contribution in [-0.4, -0.2) is 57.7 Å². The van der Waals surface area contributed by atoms with Crippen LogP contribution in [-0.2, 0) is 17.6 Å². The van der Waals surface area contributed by atoms with E-state index in [4.69, 9.17) is 13.9 Å². The molecule has 1 aliphatic heterocycles. The van der Waals surface area contributed by atoms with E-state index in [0.29, 0.717) is 5.58 Å². The topological polar surface area (TPSA) is 130 Å². The van der Waals surface area contributed by atoms with E-state index in [2.05, 4.69) is 0 Å². The highest BCUT2D eigenvalue weighted by Crippen LogP contribution is 2.30. The molecule has 146 valence electrons. The predicted octanol–water partition coefficient (Wildman–Crippen LogP) is -0.150. The lowest BCUT2D eigenvalue weighted by molar-refractivity contribution is -0.277. The molecule has 0 radical (unpaired) electrons. The Bertz CT molecular complexity index is 889. The zero-order chi connectivity index (χ0) is 19.1. The van der Waals surface area contributed by atoms with Crippen LogP contribution in [0, 0.1) is 0 Å². The number of aliphatic hydroxyl groups is 4. The number of hydrogen-bond donors (Lipinski definition) is 4. The smallest absolute Gasteiger partial charge is 0.339 e. The number of rotatable bonds is 3. The fourth-order valence-corrected chi connectivity index (χ4v) is 3.80. The molecule has 1 saturated heterocycles. The van der Waals surface area contributed by atoms with Crippen molar-refractivity contribution in [3.63, 3.8) is 0 Å². The van der Waals surface area contributed by atoms with Crippen LogP contribution in [0.1, 0.15) is 24.0 Å². The first-order valence-corrected chi connectivity index (χ1v) is 9.05. The second-order valence-electron chi connectivity index (χ2n) is 7.03. The maximum atomic E-state index is 12.2. The summed E-state index contributed by atoms with van der Waals surface area (Å²) in [7, 11) is 0. The van der Waals surface area contributed by atoms with Crippen LogP contribution in [0.3, 0.4) is 0 Å². The number of hydrogen-bond acceptors (Lipinski definition) is 8. The van der Waals surface area contributed by atoms with Crippen LogP contribution in [0.2, 0.25) is 0 Å². The molecule has 1 aliphatic carbocycles. The monoisotopic (exact) mass is 378 g/mol. The molecule has 0 saturated carbocycles. The molecule has 0 unspecified atom stereocenters. The van der Waals surface area contributed by atoms with E-state index in [9.17, 15) is 25.2 Å². The van der Waals surface area contributed by atoms with Crippen molar-refractivity contribution < 1.29 is 34.3 Å². The molecule has 0 spiro atoms. The molecule has 4 rings (SSSR count). The number of fused-ring (bicyclic) bond motifs is 3. The third-order valence-electron chi connectivity index (χ3n) is 5.30. The third kappa shape index (κ3) is 3.24. The van der Waals surface area contributed by atoms with Gasteiger partial charge in [0.2, 0.25) is 6.29 Å². The molecule has 0 bridgehead atoms. The minimum atomic E-state index is -1.52. The van der Waals surface area contributed by atoms with E-state index < -0.39 is 37.3 Å². The van der Waals surface area contributed by atoms with E-state index in [1.165, 1.54) is 6.07 Å². The zero-order valence-electron chi connectivity index (χ0n) is 14.6. The van der Waals surface area contributed by atoms with Gasteiger partial charge in [-0.15, -0.1) is 0 Å². The molecule has 1 aromatic heterocycles. The van der Waals surface area contributed by atoms with Gasteiger partial charge >= 0.3 is 5.63 Å². The lowest BCUT2D eigenvalue weighted by Gasteiger charge is -2.39. The Labute approximate surface area is 154 Å². The van der Waals surface area contributed by atoms with Crippen molar-refractivity contribution in [2.24, 2.45) is 0 Å². The molecule has 8 nitrogen and oxygen atoms in total. The van der Waals surface area contributed by atoms with E-state index in [0.717, 1.165) is 42.2 Å². The Balaban J connectivity index is 1.64. The third-order valence-corrected chi connectivity index (χ3v) is 5.30. The first-order chi connectivity index (χ1) is 13.0. The summed E-state index contributed by atoms with van der Waals surface area (Å²) in [6.45, 7) is -0.538. The maximum Gasteiger partial charge on any atom is 0.339 e. The van der Waals surface area contributed by atoms with E-state index in [1.54, 1.807) is 12.1 Å². The van der Waals surface area contributed by atoms with Crippen molar-refractivity contribution in [2.75, 3.05) is 6.61 Å². The first kappa shape index (κ1) is 18.4. The quantitative estimate of drug-likeness (QED) is 0.543. The van der Waals surface area contributed by atoms with Gasteiger partial charge in [0.1, 0.15) is 35.7 Å². The molecule has 0 amide bonds. The molecule has 8 heteroatoms. The van der Waals surface area contributed by atoms with Gasteiger partial charge in [0.15, 0.2) is 0 Å². The van der Waals surface area contributed by atoms with Crippen molar-refractivity contribution >= 4 is 11.0 Å². The Kier molecular flexibility index (Phi) is 4.92. The summed E-state index contributed by atoms with van der Waals surface area (Å²) in [5.41, 5.74) is 1.77. The molecule has 2 aromatic rings. The van der Waals surface area contributed by atoms with Crippen LogP contribution in [0.25, 0.3) is 11.0 Å². The zero-order valence-corrected chi connectivity index (χ0v) is 14.6. The minimum absolute atomic E-state index is 0.269. The minimum Gasteiger partial charge on any atom is -0.462 e. The van der Waals surface area contributed by atoms with Gasteiger partial charge in [0.05, 0.1) is 6.61 Å². The number of aliphatic hydroxyl groups excluding tert-OH is 4. The Morgan fingerprint density at radius 3 is 2.52 bits per heavy atom. The largest absolute Gasteiger partial charge is 0.462 e. The molecule has 2 heterocycles. The molecule has 1 aromatic carbocycles. The van der Waals surface area contributed by atoms with Crippen LogP contribution < -0.4 is 10.4 Å². The molecule has 4 N–H and O–H groups in total. The standard InChI is InChI=1S/C19H22O8/c20-8-14-15(21)16(22)17(23)19(27-14)25-9-5-6-11-10-3-1-2-4-12(10)18(24)26-13(11)7-9/h5-7,14-17,19-23H,1-4,8H2/t14-,15+,16+,17-,19-/m0/s1. The average Bonchev–Trinajstić information content (AvgIpc) is 2.68. The highest BCUT2D eigenvalue weighted by Gasteiger charge is 2.44. The summed E-state index contributed by atoms with van der Waals surface area (Å²) in [5.74, 6) is 0.269. The summed E-state index contributed by atoms with van der Waals surface area (Å²) < 4.78 is 16.4. The fourth-order valence-electron chi connectivity index (χ4n) is 3.80. The van der Waals surface area contributed by atoms with E-state index in [1.807, 2.05) is 0 Å². The molecule has 1 fully saturated rings. The van der Waals surface area contributed by atoms with Gasteiger partial charge in [-0.05, 0) is 43.4 Å². The van der Waals surface area contributed by atoms with Crippen molar-refractivity contribution in [3.05, 3.63) is 39.7 Å². The van der Waals surface area contributed by atoms with Crippen molar-refractivity contribution in [3.8, 4) is 5.75 Å². The Hall–Kier alpha value is -1.97. The Morgan fingerprint density at radius 1 is 1.04 bits per heavy atom. The fraction of sp³-hybridized carbons (Fsp3) is 0.526. The Morgan fingerprint density at radius 2 is 1.78 bits per heavy atom. The molecular weight excluding hydrogens is 356 g/mol. The second kappa shape index (κ2) is 7.21. The van der Waals surface area contributed by atoms with Gasteiger partial charge in [-0.25, -0.2) is 4.79 Å². The summed E-state index contributed by atoms with van der Waals surface area (Å²) in [5, 5.41) is 39.9. The highest BCUT2D eigenvalue weighted by molar-refractivity contribution is 5.82. The average molecular weight is 378 g/mol. The predicted molar refractivity (Wildman–Crippen MR) is 93.5 cm³/mol. The van der Waals surface area contributed by atoms with Gasteiger partial charge in [-0.2, -0.15) is 0 Å². The lowest BCUT2D eigenvalue weighted by Crippen LogP contribution is -2.60. The van der Waals surface area contributed by atoms with Gasteiger partial charge in [-0.1, -0.05) is 0 Å². The van der Waals surface area contributed by atoms with Crippen LogP contribution in [0.4, 0.5) is 0 Å². The number of aryl methyl sites for hydroxylation is 1. The van der Waals surface area contributed by atoms with Crippen LogP contribution >= 0.6 is 0 Å². The first-order valence-electron chi connectivity index (χ1n) is 9.05. The highest BCUT2D eigenvalue weighted by atomic mass is 16.7. The summed E-state index contributed by atoms with van der Waals surface area (Å²) in [6.07, 6.45) is -3.29. The van der Waals surface area contributed by atoms with Gasteiger partial charge < -0.3 is 34.3 Å². The van der Waals surface area contributed by atoms with Gasteiger partial charge in [0.25, 0.3) is 0 Å². The summed E-state index contributed by atoms with van der Waals surface area (Å²) >= 11 is 0. The summed E-state index contributed by atoms with van der Waals surface area (Å²) in [4.78, 5) is 12.2. The normalized spacial score (nSPS) is 30.9. The van der Waals surface area contributed by atoms with Crippen molar-refractivity contribution in [2.45, 2.75) is 56.4 Å². The molecule has 27 heavy (non-hydrogen) atoms. The van der Waals surface area contributed by atoms with E-state index in [-0.39, 0.29) is 11.4 Å². The van der Waals surface area contributed by atoms with Crippen molar-refractivity contribution in [1.82, 2.24) is 0 Å². The van der Waals surface area contributed by atoms with Gasteiger partial charge in [-0.3, -0.25) is 0 Å². The molecule has 2 aliphatic rings. The molecule has 5 atom stereocenters.